The highest BCUT2D eigenvalue weighted by atomic mass is 19.2. The number of fused-ring (bicyclic) bond motifs is 2. The number of aryl methyl sites for hydroxylation is 2. The van der Waals surface area contributed by atoms with E-state index in [9.17, 15) is 18.4 Å². The third-order valence-corrected chi connectivity index (χ3v) is 6.26. The van der Waals surface area contributed by atoms with Crippen molar-refractivity contribution < 1.29 is 23.0 Å². The summed E-state index contributed by atoms with van der Waals surface area (Å²) in [6.45, 7) is 3.58. The Hall–Kier alpha value is -4.40. The Kier molecular flexibility index (Phi) is 5.83. The third-order valence-electron chi connectivity index (χ3n) is 6.26. The highest BCUT2D eigenvalue weighted by molar-refractivity contribution is 5.90. The van der Waals surface area contributed by atoms with Gasteiger partial charge in [-0.3, -0.25) is 9.59 Å². The van der Waals surface area contributed by atoms with Gasteiger partial charge in [0, 0.05) is 23.7 Å². The summed E-state index contributed by atoms with van der Waals surface area (Å²) in [6, 6.07) is 14.1. The molecule has 1 amide bonds. The molecular formula is C27H23F2N3O4. The minimum absolute atomic E-state index is 0.0907. The predicted molar refractivity (Wildman–Crippen MR) is 130 cm³/mol. The van der Waals surface area contributed by atoms with Crippen LogP contribution < -0.4 is 20.3 Å². The number of amides is 1. The number of para-hydroxylation sites is 1. The number of ether oxygens (including phenoxy) is 2. The lowest BCUT2D eigenvalue weighted by Crippen LogP contribution is -2.27. The van der Waals surface area contributed by atoms with Crippen molar-refractivity contribution in [3.63, 3.8) is 0 Å². The van der Waals surface area contributed by atoms with Crippen molar-refractivity contribution in [3.05, 3.63) is 98.8 Å². The van der Waals surface area contributed by atoms with Crippen molar-refractivity contribution in [2.75, 3.05) is 12.4 Å². The van der Waals surface area contributed by atoms with Gasteiger partial charge in [0.25, 0.3) is 5.56 Å². The molecule has 9 heteroatoms. The molecule has 0 unspecified atom stereocenters. The molecule has 0 radical (unpaired) electrons. The summed E-state index contributed by atoms with van der Waals surface area (Å²) in [5.74, 6) is -1.45. The zero-order chi connectivity index (χ0) is 25.6. The molecule has 1 aromatic heterocycles. The Morgan fingerprint density at radius 3 is 2.58 bits per heavy atom. The Morgan fingerprint density at radius 1 is 1.06 bits per heavy atom. The molecule has 0 aliphatic carbocycles. The zero-order valence-electron chi connectivity index (χ0n) is 19.9. The van der Waals surface area contributed by atoms with Crippen LogP contribution in [0.5, 0.6) is 17.4 Å². The molecule has 0 spiro atoms. The summed E-state index contributed by atoms with van der Waals surface area (Å²) >= 11 is 0. The number of carbonyl (C=O) groups is 1. The number of nitrogens with one attached hydrogen (secondary N) is 1. The average molecular weight is 491 g/mol. The molecule has 0 fully saturated rings. The molecular weight excluding hydrogens is 468 g/mol. The molecule has 36 heavy (non-hydrogen) atoms. The summed E-state index contributed by atoms with van der Waals surface area (Å²) < 4.78 is 41.4. The van der Waals surface area contributed by atoms with Gasteiger partial charge in [0.15, 0.2) is 23.1 Å². The van der Waals surface area contributed by atoms with Crippen LogP contribution in [0.4, 0.5) is 14.5 Å². The molecule has 0 bridgehead atoms. The zero-order valence-corrected chi connectivity index (χ0v) is 19.9. The molecule has 184 valence electrons. The largest absolute Gasteiger partial charge is 0.493 e. The van der Waals surface area contributed by atoms with E-state index in [1.54, 1.807) is 12.1 Å². The number of nitrogens with zero attached hydrogens (tertiary/aromatic N) is 2. The first kappa shape index (κ1) is 23.3. The number of hydrogen-bond acceptors (Lipinski definition) is 4. The number of benzene rings is 3. The normalized spacial score (nSPS) is 11.9. The Morgan fingerprint density at radius 2 is 1.86 bits per heavy atom. The van der Waals surface area contributed by atoms with Crippen LogP contribution in [0.15, 0.2) is 59.4 Å². The summed E-state index contributed by atoms with van der Waals surface area (Å²) in [6.07, 6.45) is 0.295. The smallest absolute Gasteiger partial charge is 0.278 e. The monoisotopic (exact) mass is 491 g/mol. The molecule has 3 aromatic carbocycles. The lowest BCUT2D eigenvalue weighted by molar-refractivity contribution is -0.117. The Bertz CT molecular complexity index is 1570. The summed E-state index contributed by atoms with van der Waals surface area (Å²) in [5.41, 5.74) is 3.55. The van der Waals surface area contributed by atoms with Gasteiger partial charge in [0.1, 0.15) is 6.54 Å². The van der Waals surface area contributed by atoms with Gasteiger partial charge in [0.05, 0.1) is 18.4 Å². The van der Waals surface area contributed by atoms with E-state index in [1.165, 1.54) is 22.5 Å². The number of anilines is 1. The first-order chi connectivity index (χ1) is 17.3. The predicted octanol–water partition coefficient (Wildman–Crippen LogP) is 4.88. The molecule has 0 atom stereocenters. The van der Waals surface area contributed by atoms with Gasteiger partial charge in [-0.15, -0.1) is 0 Å². The molecule has 1 aliphatic rings. The van der Waals surface area contributed by atoms with Crippen LogP contribution in [0, 0.1) is 25.5 Å². The maximum atomic E-state index is 13.6. The van der Waals surface area contributed by atoms with Gasteiger partial charge < -0.3 is 14.8 Å². The molecule has 2 heterocycles. The highest BCUT2D eigenvalue weighted by Crippen LogP contribution is 2.41. The van der Waals surface area contributed by atoms with Crippen molar-refractivity contribution in [1.29, 1.82) is 0 Å². The number of rotatable bonds is 5. The average Bonchev–Trinajstić information content (AvgIpc) is 3.11. The number of aromatic nitrogens is 2. The standard InChI is InChI=1S/C27H23F2N3O4/c1-15-7-9-19(11-16(15)2)32-26(34)20-12-17-5-4-6-23(35-3)25(17)36-27(20)31(32)14-24(33)30-18-8-10-21(28)22(29)13-18/h4-11,13H,12,14H2,1-3H3,(H,30,33). The van der Waals surface area contributed by atoms with Crippen molar-refractivity contribution in [3.8, 4) is 23.1 Å². The van der Waals surface area contributed by atoms with E-state index in [1.807, 2.05) is 38.1 Å². The van der Waals surface area contributed by atoms with Gasteiger partial charge in [0.2, 0.25) is 11.8 Å². The van der Waals surface area contributed by atoms with Crippen LogP contribution in [0.2, 0.25) is 0 Å². The van der Waals surface area contributed by atoms with Gasteiger partial charge in [-0.2, -0.15) is 0 Å². The van der Waals surface area contributed by atoms with Crippen molar-refractivity contribution in [2.45, 2.75) is 26.8 Å². The number of hydrogen-bond donors (Lipinski definition) is 1. The first-order valence-corrected chi connectivity index (χ1v) is 11.3. The van der Waals surface area contributed by atoms with Crippen LogP contribution in [0.3, 0.4) is 0 Å². The maximum Gasteiger partial charge on any atom is 0.278 e. The van der Waals surface area contributed by atoms with E-state index < -0.39 is 17.5 Å². The van der Waals surface area contributed by atoms with E-state index in [2.05, 4.69) is 5.32 Å². The number of halogens is 2. The molecule has 1 aliphatic heterocycles. The highest BCUT2D eigenvalue weighted by Gasteiger charge is 2.31. The molecule has 1 N–H and O–H groups in total. The van der Waals surface area contributed by atoms with Crippen LogP contribution in [-0.2, 0) is 17.8 Å². The molecule has 4 aromatic rings. The van der Waals surface area contributed by atoms with E-state index in [4.69, 9.17) is 9.47 Å². The molecule has 7 nitrogen and oxygen atoms in total. The van der Waals surface area contributed by atoms with Crippen LogP contribution in [-0.4, -0.2) is 22.4 Å². The molecule has 0 saturated heterocycles. The Labute approximate surface area is 205 Å². The summed E-state index contributed by atoms with van der Waals surface area (Å²) in [7, 11) is 1.52. The topological polar surface area (TPSA) is 74.5 Å². The van der Waals surface area contributed by atoms with Crippen molar-refractivity contribution >= 4 is 11.6 Å². The lowest BCUT2D eigenvalue weighted by Gasteiger charge is -2.21. The minimum Gasteiger partial charge on any atom is -0.493 e. The quantitative estimate of drug-likeness (QED) is 0.380. The second kappa shape index (κ2) is 8.99. The summed E-state index contributed by atoms with van der Waals surface area (Å²) in [4.78, 5) is 26.6. The first-order valence-electron chi connectivity index (χ1n) is 11.3. The van der Waals surface area contributed by atoms with Crippen LogP contribution >= 0.6 is 0 Å². The lowest BCUT2D eigenvalue weighted by atomic mass is 10.0. The van der Waals surface area contributed by atoms with Gasteiger partial charge in [-0.1, -0.05) is 18.2 Å². The van der Waals surface area contributed by atoms with Gasteiger partial charge in [-0.25, -0.2) is 18.1 Å². The fraction of sp³-hybridized carbons (Fsp3) is 0.185. The van der Waals surface area contributed by atoms with Gasteiger partial charge in [-0.05, 0) is 55.3 Å². The van der Waals surface area contributed by atoms with Crippen molar-refractivity contribution in [2.24, 2.45) is 0 Å². The summed E-state index contributed by atoms with van der Waals surface area (Å²) in [5, 5.41) is 2.55. The van der Waals surface area contributed by atoms with E-state index in [0.717, 1.165) is 28.8 Å². The second-order valence-electron chi connectivity index (χ2n) is 8.63. The van der Waals surface area contributed by atoms with E-state index in [0.29, 0.717) is 29.2 Å². The Balaban J connectivity index is 1.60. The third kappa shape index (κ3) is 4.02. The SMILES string of the molecule is COc1cccc2c1Oc1c(c(=O)n(-c3ccc(C)c(C)c3)n1CC(=O)Nc1ccc(F)c(F)c1)C2. The van der Waals surface area contributed by atoms with Gasteiger partial charge >= 0.3 is 0 Å². The fourth-order valence-corrected chi connectivity index (χ4v) is 4.27. The molecule has 0 saturated carbocycles. The molecule has 5 rings (SSSR count). The maximum absolute atomic E-state index is 13.6. The van der Waals surface area contributed by atoms with E-state index >= 15 is 0 Å². The second-order valence-corrected chi connectivity index (χ2v) is 8.63. The van der Waals surface area contributed by atoms with Crippen molar-refractivity contribution in [1.82, 2.24) is 9.36 Å². The van der Waals surface area contributed by atoms with Crippen LogP contribution in [0.25, 0.3) is 5.69 Å². The number of carbonyl (C=O) groups excluding carboxylic acids is 1. The van der Waals surface area contributed by atoms with E-state index in [-0.39, 0.29) is 23.7 Å². The number of methoxy groups -OCH3 is 1. The minimum atomic E-state index is -1.08. The van der Waals surface area contributed by atoms with Crippen LogP contribution in [0.1, 0.15) is 22.3 Å². The fourth-order valence-electron chi connectivity index (χ4n) is 4.27.